The van der Waals surface area contributed by atoms with Gasteiger partial charge in [0.05, 0.1) is 17.9 Å². The second-order valence-corrected chi connectivity index (χ2v) is 23.5. The number of nitrogens with zero attached hydrogens (tertiary/aromatic N) is 4. The predicted octanol–water partition coefficient (Wildman–Crippen LogP) is 7.34. The third kappa shape index (κ3) is 18.9. The highest BCUT2D eigenvalue weighted by molar-refractivity contribution is 9.11. The molecule has 0 saturated carbocycles. The third-order valence-corrected chi connectivity index (χ3v) is 16.9. The molecule has 0 aliphatic heterocycles. The molecule has 386 valence electrons. The summed E-state index contributed by atoms with van der Waals surface area (Å²) >= 11 is 13.1. The molecule has 0 aliphatic rings. The summed E-state index contributed by atoms with van der Waals surface area (Å²) in [6.45, 7) is 0.951. The van der Waals surface area contributed by atoms with Gasteiger partial charge in [0.25, 0.3) is 23.6 Å². The number of amides is 4. The van der Waals surface area contributed by atoms with E-state index in [-0.39, 0.29) is 118 Å². The van der Waals surface area contributed by atoms with Gasteiger partial charge in [0.15, 0.2) is 0 Å². The maximum absolute atomic E-state index is 13.0. The lowest BCUT2D eigenvalue weighted by atomic mass is 9.95. The van der Waals surface area contributed by atoms with Crippen molar-refractivity contribution in [2.45, 2.75) is 25.7 Å². The van der Waals surface area contributed by atoms with Crippen molar-refractivity contribution in [1.82, 2.24) is 21.3 Å². The first kappa shape index (κ1) is 59.7. The van der Waals surface area contributed by atoms with E-state index in [0.29, 0.717) is 54.2 Å². The van der Waals surface area contributed by atoms with Crippen molar-refractivity contribution in [2.24, 2.45) is 20.6 Å². The molecule has 0 radical (unpaired) electrons. The topological polar surface area (TPSA) is 328 Å². The minimum absolute atomic E-state index is 0.0373. The van der Waals surface area contributed by atoms with E-state index in [1.807, 2.05) is 0 Å². The summed E-state index contributed by atoms with van der Waals surface area (Å²) in [6.07, 6.45) is -0.274. The minimum atomic E-state index is -0.653. The van der Waals surface area contributed by atoms with Gasteiger partial charge in [-0.15, -0.1) is 0 Å². The summed E-state index contributed by atoms with van der Waals surface area (Å²) in [5.41, 5.74) is 1.69. The summed E-state index contributed by atoms with van der Waals surface area (Å²) in [6, 6.07) is 15.4. The van der Waals surface area contributed by atoms with Crippen LogP contribution in [0.2, 0.25) is 0 Å². The largest absolute Gasteiger partial charge is 0.507 e. The Morgan fingerprint density at radius 3 is 0.931 bits per heavy atom. The van der Waals surface area contributed by atoms with Gasteiger partial charge in [-0.3, -0.25) is 19.2 Å². The Balaban J connectivity index is 1.21. The highest BCUT2D eigenvalue weighted by atomic mass is 79.9. The van der Waals surface area contributed by atoms with Gasteiger partial charge < -0.3 is 62.5 Å². The van der Waals surface area contributed by atoms with Crippen LogP contribution in [0.3, 0.4) is 0 Å². The average Bonchev–Trinajstić information content (AvgIpc) is 3.36. The van der Waals surface area contributed by atoms with Crippen LogP contribution in [-0.4, -0.2) is 137 Å². The maximum Gasteiger partial charge on any atom is 0.269 e. The van der Waals surface area contributed by atoms with Crippen LogP contribution in [0.5, 0.6) is 23.0 Å². The van der Waals surface area contributed by atoms with Crippen LogP contribution in [0.25, 0.3) is 11.1 Å². The lowest BCUT2D eigenvalue weighted by Crippen LogP contribution is -2.34. The molecule has 12 N–H and O–H groups in total. The number of hydrogen-bond donors (Lipinski definition) is 12. The smallest absolute Gasteiger partial charge is 0.269 e. The van der Waals surface area contributed by atoms with Gasteiger partial charge in [-0.2, -0.15) is 0 Å². The van der Waals surface area contributed by atoms with Crippen LogP contribution in [0.1, 0.15) is 22.3 Å². The number of nitrogens with one attached hydrogen (secondary N) is 4. The predicted molar refractivity (Wildman–Crippen MR) is 296 cm³/mol. The van der Waals surface area contributed by atoms with Gasteiger partial charge >= 0.3 is 0 Å². The van der Waals surface area contributed by atoms with Crippen LogP contribution in [0, 0.1) is 0 Å². The van der Waals surface area contributed by atoms with Crippen molar-refractivity contribution < 1.29 is 60.4 Å². The Morgan fingerprint density at radius 2 is 0.667 bits per heavy atom. The molecule has 0 unspecified atom stereocenters. The van der Waals surface area contributed by atoms with Crippen molar-refractivity contribution in [2.75, 3.05) is 49.2 Å². The number of rotatable bonds is 27. The number of oxime groups is 4. The highest BCUT2D eigenvalue weighted by Crippen LogP contribution is 2.44. The van der Waals surface area contributed by atoms with Crippen LogP contribution in [-0.2, 0) is 44.9 Å². The normalized spacial score (nSPS) is 12.1. The molecule has 4 aromatic carbocycles. The summed E-state index contributed by atoms with van der Waals surface area (Å²) in [5.74, 6) is -0.934. The third-order valence-electron chi connectivity index (χ3n) is 9.63. The van der Waals surface area contributed by atoms with Crippen LogP contribution in [0.4, 0.5) is 0 Å². The fraction of sp³-hybridized carbons (Fsp3) is 0.273. The van der Waals surface area contributed by atoms with Gasteiger partial charge in [-0.1, -0.05) is 75.9 Å². The molecule has 0 aliphatic carbocycles. The van der Waals surface area contributed by atoms with Gasteiger partial charge in [0, 0.05) is 86.0 Å². The number of phenolic OH excluding ortho intramolecular Hbond substituents is 4. The second-order valence-electron chi connectivity index (χ2n) is 14.7. The lowest BCUT2D eigenvalue weighted by Gasteiger charge is -2.15. The van der Waals surface area contributed by atoms with Crippen molar-refractivity contribution in [3.63, 3.8) is 0 Å². The van der Waals surface area contributed by atoms with E-state index in [1.54, 1.807) is 24.3 Å². The monoisotopic (exact) mass is 1320 g/mol. The molecule has 4 aromatic rings. The van der Waals surface area contributed by atoms with Crippen molar-refractivity contribution in [1.29, 1.82) is 0 Å². The number of carbonyl (C=O) groups is 4. The van der Waals surface area contributed by atoms with Crippen molar-refractivity contribution >= 4 is 153 Å². The quantitative estimate of drug-likeness (QED) is 0.00913. The van der Waals surface area contributed by atoms with Crippen molar-refractivity contribution in [3.05, 3.63) is 101 Å². The number of phenols is 4. The van der Waals surface area contributed by atoms with E-state index < -0.39 is 23.6 Å². The Hall–Kier alpha value is -4.84. The van der Waals surface area contributed by atoms with Gasteiger partial charge in [0.1, 0.15) is 45.8 Å². The Bertz CT molecular complexity index is 2540. The summed E-state index contributed by atoms with van der Waals surface area (Å²) in [4.78, 5) is 51.0. The standard InChI is InChI=1S/C44H46Br4N8O12S4/c45-29-15-23(1-3-37(29)57)19-33(53-65)41(61)49-5-9-69-71-11-7-51-43(63)35(55-67)21-25-13-27(39(59)31(47)17-25)28-14-26(18-32(48)40(28)60)22-36(56-68)44(64)52-8-12-72-70-10-6-50-42(62)34(54-66)20-24-2-4-38(58)30(46)16-24/h1-4,13-18,57-60,65-68H,5-12,19-22H2,(H,49,61)(H,50,62)(H,51,63)(H,52,64)/b53-33+,54-34+,55-35?,56-36?. The van der Waals surface area contributed by atoms with Gasteiger partial charge in [-0.25, -0.2) is 0 Å². The molecule has 4 amide bonds. The van der Waals surface area contributed by atoms with E-state index >= 15 is 0 Å². The molecular weight excluding hydrogens is 1280 g/mol. The highest BCUT2D eigenvalue weighted by Gasteiger charge is 2.22. The zero-order chi connectivity index (χ0) is 52.7. The first-order valence-electron chi connectivity index (χ1n) is 20.9. The Kier molecular flexibility index (Phi) is 25.7. The molecule has 0 saturated heterocycles. The van der Waals surface area contributed by atoms with E-state index in [1.165, 1.54) is 79.6 Å². The maximum atomic E-state index is 13.0. The summed E-state index contributed by atoms with van der Waals surface area (Å²) in [7, 11) is 5.71. The molecule has 0 fully saturated rings. The van der Waals surface area contributed by atoms with Crippen LogP contribution < -0.4 is 21.3 Å². The molecule has 72 heavy (non-hydrogen) atoms. The molecule has 0 atom stereocenters. The molecule has 0 heterocycles. The Morgan fingerprint density at radius 1 is 0.403 bits per heavy atom. The molecule has 4 rings (SSSR count). The SMILES string of the molecule is O=C(NCCSSCCNC(=O)/C(Cc1ccc(O)c(Br)c1)=N/O)C(Cc1cc(Br)c(O)c(-c2cc(CC(=NO)C(=O)NCCSSCCNC(=O)/C(Cc3ccc(O)c(Br)c3)=N/O)cc(Br)c2O)c1)=NO. The van der Waals surface area contributed by atoms with E-state index in [0.717, 1.165) is 0 Å². The number of halogens is 4. The first-order valence-corrected chi connectivity index (χ1v) is 29.1. The number of hydrogen-bond acceptors (Lipinski definition) is 20. The van der Waals surface area contributed by atoms with Gasteiger partial charge in [-0.05, 0) is 135 Å². The first-order chi connectivity index (χ1) is 34.5. The number of benzene rings is 4. The molecule has 0 spiro atoms. The molecule has 20 nitrogen and oxygen atoms in total. The van der Waals surface area contributed by atoms with Crippen LogP contribution >= 0.6 is 107 Å². The molecule has 0 aromatic heterocycles. The average molecular weight is 1330 g/mol. The van der Waals surface area contributed by atoms with E-state index in [4.69, 9.17) is 0 Å². The minimum Gasteiger partial charge on any atom is -0.507 e. The molecule has 0 bridgehead atoms. The molecule has 28 heteroatoms. The fourth-order valence-electron chi connectivity index (χ4n) is 6.13. The number of aromatic hydroxyl groups is 4. The zero-order valence-corrected chi connectivity index (χ0v) is 47.0. The van der Waals surface area contributed by atoms with E-state index in [9.17, 15) is 60.4 Å². The second kappa shape index (κ2) is 31.0. The number of carbonyl (C=O) groups excluding carboxylic acids is 4. The summed E-state index contributed by atoms with van der Waals surface area (Å²) in [5, 5.41) is 103. The Labute approximate surface area is 461 Å². The molecular formula is C44H46Br4N8O12S4. The lowest BCUT2D eigenvalue weighted by molar-refractivity contribution is -0.115. The van der Waals surface area contributed by atoms with Gasteiger partial charge in [0.2, 0.25) is 0 Å². The zero-order valence-electron chi connectivity index (χ0n) is 37.4. The summed E-state index contributed by atoms with van der Waals surface area (Å²) < 4.78 is 1.27. The van der Waals surface area contributed by atoms with Crippen molar-refractivity contribution in [3.8, 4) is 34.1 Å². The fourth-order valence-corrected chi connectivity index (χ4v) is 11.6. The van der Waals surface area contributed by atoms with Crippen LogP contribution in [0.15, 0.2) is 99.2 Å². The van der Waals surface area contributed by atoms with E-state index in [2.05, 4.69) is 106 Å².